The van der Waals surface area contributed by atoms with Crippen LogP contribution >= 0.6 is 0 Å². The molecule has 9 nitrogen and oxygen atoms in total. The van der Waals surface area contributed by atoms with E-state index in [0.29, 0.717) is 11.5 Å². The largest absolute Gasteiger partial charge is 0.465 e. The van der Waals surface area contributed by atoms with Crippen LogP contribution in [0.25, 0.3) is 6.08 Å². The van der Waals surface area contributed by atoms with Gasteiger partial charge < -0.3 is 15.1 Å². The molecule has 2 amide bonds. The van der Waals surface area contributed by atoms with Gasteiger partial charge in [-0.15, -0.1) is 0 Å². The van der Waals surface area contributed by atoms with Crippen LogP contribution in [0.2, 0.25) is 0 Å². The van der Waals surface area contributed by atoms with E-state index < -0.39 is 11.2 Å². The van der Waals surface area contributed by atoms with Crippen molar-refractivity contribution in [3.05, 3.63) is 62.8 Å². The second kappa shape index (κ2) is 8.65. The van der Waals surface area contributed by atoms with E-state index in [-0.39, 0.29) is 31.3 Å². The molecule has 0 aliphatic rings. The third kappa shape index (κ3) is 5.07. The zero-order valence-electron chi connectivity index (χ0n) is 14.5. The predicted molar refractivity (Wildman–Crippen MR) is 94.1 cm³/mol. The summed E-state index contributed by atoms with van der Waals surface area (Å²) >= 11 is 0. The summed E-state index contributed by atoms with van der Waals surface area (Å²) in [5, 5.41) is 5.19. The van der Waals surface area contributed by atoms with Gasteiger partial charge in [-0.3, -0.25) is 23.5 Å². The minimum atomic E-state index is -0.461. The number of hydrogen-bond acceptors (Lipinski definition) is 5. The fourth-order valence-corrected chi connectivity index (χ4v) is 2.13. The second-order valence-corrected chi connectivity index (χ2v) is 5.54. The molecule has 2 heterocycles. The average Bonchev–Trinajstić information content (AvgIpc) is 3.13. The van der Waals surface area contributed by atoms with Gasteiger partial charge in [0.25, 0.3) is 5.56 Å². The van der Waals surface area contributed by atoms with E-state index in [0.717, 1.165) is 4.57 Å². The lowest BCUT2D eigenvalue weighted by molar-refractivity contribution is -0.121. The van der Waals surface area contributed by atoms with Crippen molar-refractivity contribution in [3.63, 3.8) is 0 Å². The Balaban J connectivity index is 1.77. The molecule has 138 valence electrons. The molecule has 2 aromatic heterocycles. The van der Waals surface area contributed by atoms with Gasteiger partial charge in [0.15, 0.2) is 0 Å². The molecule has 2 rings (SSSR count). The van der Waals surface area contributed by atoms with Gasteiger partial charge in [-0.1, -0.05) is 0 Å². The molecular weight excluding hydrogens is 340 g/mol. The second-order valence-electron chi connectivity index (χ2n) is 5.54. The maximum atomic E-state index is 11.8. The minimum absolute atomic E-state index is 0.0486. The summed E-state index contributed by atoms with van der Waals surface area (Å²) in [7, 11) is 2.91. The third-order valence-electron chi connectivity index (χ3n) is 3.69. The molecular formula is C17H20N4O5. The zero-order chi connectivity index (χ0) is 19.1. The molecule has 0 aromatic carbocycles. The average molecular weight is 360 g/mol. The quantitative estimate of drug-likeness (QED) is 0.647. The summed E-state index contributed by atoms with van der Waals surface area (Å²) in [4.78, 5) is 46.9. The van der Waals surface area contributed by atoms with Crippen LogP contribution in [0, 0.1) is 0 Å². The minimum Gasteiger partial charge on any atom is -0.465 e. The van der Waals surface area contributed by atoms with E-state index in [1.54, 1.807) is 12.1 Å². The Labute approximate surface area is 148 Å². The number of furan rings is 1. The monoisotopic (exact) mass is 360 g/mol. The first-order valence-corrected chi connectivity index (χ1v) is 7.90. The molecule has 0 radical (unpaired) electrons. The Morgan fingerprint density at radius 1 is 1.19 bits per heavy atom. The summed E-state index contributed by atoms with van der Waals surface area (Å²) in [6, 6.07) is 4.71. The summed E-state index contributed by atoms with van der Waals surface area (Å²) in [6.07, 6.45) is 4.40. The first kappa shape index (κ1) is 19.0. The molecule has 0 fully saturated rings. The van der Waals surface area contributed by atoms with Gasteiger partial charge in [0.05, 0.1) is 12.8 Å². The lowest BCUT2D eigenvalue weighted by Gasteiger charge is -2.10. The molecule has 0 aliphatic heterocycles. The van der Waals surface area contributed by atoms with Crippen molar-refractivity contribution in [3.8, 4) is 0 Å². The molecule has 0 atom stereocenters. The van der Waals surface area contributed by atoms with E-state index in [2.05, 4.69) is 10.6 Å². The van der Waals surface area contributed by atoms with Crippen molar-refractivity contribution in [2.75, 3.05) is 6.54 Å². The molecule has 9 heteroatoms. The maximum absolute atomic E-state index is 11.8. The maximum Gasteiger partial charge on any atom is 0.330 e. The van der Waals surface area contributed by atoms with Gasteiger partial charge in [-0.25, -0.2) is 4.79 Å². The Hall–Kier alpha value is -3.36. The van der Waals surface area contributed by atoms with E-state index >= 15 is 0 Å². The van der Waals surface area contributed by atoms with Crippen LogP contribution in [0.5, 0.6) is 0 Å². The standard InChI is InChI=1S/C17H20N4O5/c1-20-12(10-16(24)21(2)17(20)25)11-19-15(23)7-8-18-14(22)6-5-13-4-3-9-26-13/h3-6,9-10H,7-8,11H2,1-2H3,(H,18,22)(H,19,23). The number of amides is 2. The lowest BCUT2D eigenvalue weighted by atomic mass is 10.3. The van der Waals surface area contributed by atoms with Crippen molar-refractivity contribution in [1.82, 2.24) is 19.8 Å². The topological polar surface area (TPSA) is 115 Å². The van der Waals surface area contributed by atoms with Crippen LogP contribution in [0.3, 0.4) is 0 Å². The van der Waals surface area contributed by atoms with Crippen molar-refractivity contribution >= 4 is 17.9 Å². The number of carbonyl (C=O) groups is 2. The van der Waals surface area contributed by atoms with Crippen molar-refractivity contribution < 1.29 is 14.0 Å². The van der Waals surface area contributed by atoms with Gasteiger partial charge in [0.2, 0.25) is 11.8 Å². The number of nitrogens with zero attached hydrogens (tertiary/aromatic N) is 2. The number of carbonyl (C=O) groups excluding carboxylic acids is 2. The molecule has 26 heavy (non-hydrogen) atoms. The SMILES string of the molecule is Cn1c(CNC(=O)CCNC(=O)C=Cc2ccco2)cc(=O)n(C)c1=O. The first-order valence-electron chi connectivity index (χ1n) is 7.90. The molecule has 0 saturated carbocycles. The number of aromatic nitrogens is 2. The highest BCUT2D eigenvalue weighted by Crippen LogP contribution is 2.01. The predicted octanol–water partition coefficient (Wildman–Crippen LogP) is -0.487. The van der Waals surface area contributed by atoms with E-state index in [1.807, 2.05) is 0 Å². The molecule has 0 saturated heterocycles. The Morgan fingerprint density at radius 3 is 2.65 bits per heavy atom. The molecule has 0 bridgehead atoms. The third-order valence-corrected chi connectivity index (χ3v) is 3.69. The molecule has 0 spiro atoms. The van der Waals surface area contributed by atoms with Crippen LogP contribution < -0.4 is 21.9 Å². The van der Waals surface area contributed by atoms with Crippen molar-refractivity contribution in [2.45, 2.75) is 13.0 Å². The van der Waals surface area contributed by atoms with E-state index in [9.17, 15) is 19.2 Å². The number of hydrogen-bond donors (Lipinski definition) is 2. The van der Waals surface area contributed by atoms with Gasteiger partial charge in [-0.2, -0.15) is 0 Å². The van der Waals surface area contributed by atoms with Gasteiger partial charge in [-0.05, 0) is 18.2 Å². The highest BCUT2D eigenvalue weighted by atomic mass is 16.3. The van der Waals surface area contributed by atoms with E-state index in [1.165, 1.54) is 43.1 Å². The van der Waals surface area contributed by atoms with Crippen LogP contribution in [0.4, 0.5) is 0 Å². The fourth-order valence-electron chi connectivity index (χ4n) is 2.13. The van der Waals surface area contributed by atoms with Gasteiger partial charge in [0, 0.05) is 44.9 Å². The number of rotatable bonds is 7. The molecule has 0 aliphatic carbocycles. The van der Waals surface area contributed by atoms with Crippen LogP contribution in [0.1, 0.15) is 17.9 Å². The molecule has 0 unspecified atom stereocenters. The number of nitrogens with one attached hydrogen (secondary N) is 2. The van der Waals surface area contributed by atoms with Crippen molar-refractivity contribution in [1.29, 1.82) is 0 Å². The van der Waals surface area contributed by atoms with Gasteiger partial charge in [0.1, 0.15) is 5.76 Å². The van der Waals surface area contributed by atoms with Gasteiger partial charge >= 0.3 is 5.69 Å². The van der Waals surface area contributed by atoms with Crippen LogP contribution in [-0.2, 0) is 30.2 Å². The fraction of sp³-hybridized carbons (Fsp3) is 0.294. The smallest absolute Gasteiger partial charge is 0.330 e. The van der Waals surface area contributed by atoms with Crippen LogP contribution in [-0.4, -0.2) is 27.5 Å². The first-order chi connectivity index (χ1) is 12.4. The summed E-state index contributed by atoms with van der Waals surface area (Å²) in [6.45, 7) is 0.204. The summed E-state index contributed by atoms with van der Waals surface area (Å²) in [5.41, 5.74) is -0.498. The zero-order valence-corrected chi connectivity index (χ0v) is 14.5. The van der Waals surface area contributed by atoms with Crippen molar-refractivity contribution in [2.24, 2.45) is 14.1 Å². The highest BCUT2D eigenvalue weighted by Gasteiger charge is 2.08. The summed E-state index contributed by atoms with van der Waals surface area (Å²) < 4.78 is 7.33. The molecule has 2 aromatic rings. The molecule has 2 N–H and O–H groups in total. The lowest BCUT2D eigenvalue weighted by Crippen LogP contribution is -2.39. The Morgan fingerprint density at radius 2 is 1.96 bits per heavy atom. The Bertz CT molecular complexity index is 922. The normalized spacial score (nSPS) is 10.8. The van der Waals surface area contributed by atoms with Crippen LogP contribution in [0.15, 0.2) is 44.5 Å². The Kier molecular flexibility index (Phi) is 6.31. The summed E-state index contributed by atoms with van der Waals surface area (Å²) in [5.74, 6) is -0.103. The highest BCUT2D eigenvalue weighted by molar-refractivity contribution is 5.91. The van der Waals surface area contributed by atoms with E-state index in [4.69, 9.17) is 4.42 Å².